The van der Waals surface area contributed by atoms with Crippen LogP contribution in [0.25, 0.3) is 10.8 Å². The van der Waals surface area contributed by atoms with E-state index >= 15 is 0 Å². The van der Waals surface area contributed by atoms with Crippen molar-refractivity contribution < 1.29 is 14.3 Å². The van der Waals surface area contributed by atoms with Crippen LogP contribution in [0, 0.1) is 0 Å². The number of carbonyl (C=O) groups is 2. The smallest absolute Gasteiger partial charge is 0.261 e. The highest BCUT2D eigenvalue weighted by molar-refractivity contribution is 9.10. The van der Waals surface area contributed by atoms with E-state index in [1.165, 1.54) is 0 Å². The number of hydrogen-bond acceptors (Lipinski definition) is 3. The minimum Gasteiger partial charge on any atom is -0.483 e. The quantitative estimate of drug-likeness (QED) is 0.188. The maximum absolute atomic E-state index is 13.8. The van der Waals surface area contributed by atoms with Crippen molar-refractivity contribution in [2.75, 3.05) is 13.2 Å². The molecular formula is C31H29BrCl2N2O3. The molecule has 0 aliphatic heterocycles. The van der Waals surface area contributed by atoms with Crippen LogP contribution in [0.4, 0.5) is 0 Å². The highest BCUT2D eigenvalue weighted by Gasteiger charge is 2.31. The molecule has 4 aromatic rings. The second-order valence-electron chi connectivity index (χ2n) is 9.14. The Morgan fingerprint density at radius 2 is 1.72 bits per heavy atom. The Kier molecular flexibility index (Phi) is 10.3. The average Bonchev–Trinajstić information content (AvgIpc) is 2.94. The first-order valence-corrected chi connectivity index (χ1v) is 14.3. The van der Waals surface area contributed by atoms with Crippen molar-refractivity contribution in [2.24, 2.45) is 0 Å². The van der Waals surface area contributed by atoms with Gasteiger partial charge in [0.25, 0.3) is 5.91 Å². The first kappa shape index (κ1) is 28.9. The van der Waals surface area contributed by atoms with E-state index < -0.39 is 6.04 Å². The third-order valence-electron chi connectivity index (χ3n) is 6.36. The minimum absolute atomic E-state index is 0.119. The molecule has 8 heteroatoms. The second kappa shape index (κ2) is 13.8. The number of fused-ring (bicyclic) bond motifs is 1. The molecule has 0 heterocycles. The summed E-state index contributed by atoms with van der Waals surface area (Å²) in [5.41, 5.74) is 1.62. The van der Waals surface area contributed by atoms with Crippen LogP contribution >= 0.6 is 39.1 Å². The first-order valence-electron chi connectivity index (χ1n) is 12.7. The molecule has 0 unspecified atom stereocenters. The number of rotatable bonds is 11. The topological polar surface area (TPSA) is 58.6 Å². The molecule has 0 aliphatic rings. The highest BCUT2D eigenvalue weighted by Crippen LogP contribution is 2.33. The summed E-state index contributed by atoms with van der Waals surface area (Å²) >= 11 is 16.2. The van der Waals surface area contributed by atoms with Crippen molar-refractivity contribution in [1.29, 1.82) is 0 Å². The van der Waals surface area contributed by atoms with Gasteiger partial charge in [-0.1, -0.05) is 96.9 Å². The summed E-state index contributed by atoms with van der Waals surface area (Å²) in [6.45, 7) is 2.36. The van der Waals surface area contributed by atoms with Crippen LogP contribution in [0.1, 0.15) is 24.5 Å². The van der Waals surface area contributed by atoms with E-state index in [4.69, 9.17) is 27.9 Å². The number of nitrogens with zero attached hydrogens (tertiary/aromatic N) is 1. The zero-order chi connectivity index (χ0) is 27.8. The lowest BCUT2D eigenvalue weighted by atomic mass is 10.0. The number of amides is 2. The molecule has 0 saturated carbocycles. The zero-order valence-corrected chi connectivity index (χ0v) is 24.6. The van der Waals surface area contributed by atoms with Gasteiger partial charge in [-0.15, -0.1) is 0 Å². The third-order valence-corrected chi connectivity index (χ3v) is 7.76. The Morgan fingerprint density at radius 1 is 0.974 bits per heavy atom. The van der Waals surface area contributed by atoms with Gasteiger partial charge in [-0.25, -0.2) is 0 Å². The molecule has 0 bridgehead atoms. The van der Waals surface area contributed by atoms with E-state index in [0.29, 0.717) is 34.3 Å². The molecular weight excluding hydrogens is 599 g/mol. The van der Waals surface area contributed by atoms with Crippen molar-refractivity contribution in [1.82, 2.24) is 10.2 Å². The van der Waals surface area contributed by atoms with Crippen LogP contribution in [0.5, 0.6) is 5.75 Å². The Hall–Kier alpha value is -3.06. The van der Waals surface area contributed by atoms with Gasteiger partial charge >= 0.3 is 0 Å². The zero-order valence-electron chi connectivity index (χ0n) is 21.5. The molecule has 4 aromatic carbocycles. The first-order chi connectivity index (χ1) is 18.9. The highest BCUT2D eigenvalue weighted by atomic mass is 79.9. The number of ether oxygens (including phenoxy) is 1. The molecule has 202 valence electrons. The fourth-order valence-corrected chi connectivity index (χ4v) is 5.38. The Morgan fingerprint density at radius 3 is 2.46 bits per heavy atom. The van der Waals surface area contributed by atoms with Gasteiger partial charge in [0.05, 0.1) is 4.47 Å². The maximum atomic E-state index is 13.8. The second-order valence-corrected chi connectivity index (χ2v) is 10.8. The van der Waals surface area contributed by atoms with Crippen molar-refractivity contribution in [3.8, 4) is 5.75 Å². The van der Waals surface area contributed by atoms with Crippen molar-refractivity contribution in [3.05, 3.63) is 111 Å². The molecule has 0 aromatic heterocycles. The predicted octanol–water partition coefficient (Wildman–Crippen LogP) is 7.45. The van der Waals surface area contributed by atoms with Gasteiger partial charge in [0.2, 0.25) is 5.91 Å². The van der Waals surface area contributed by atoms with Gasteiger partial charge in [-0.2, -0.15) is 0 Å². The fourth-order valence-electron chi connectivity index (χ4n) is 4.30. The maximum Gasteiger partial charge on any atom is 0.261 e. The van der Waals surface area contributed by atoms with Crippen LogP contribution < -0.4 is 10.1 Å². The van der Waals surface area contributed by atoms with Gasteiger partial charge < -0.3 is 15.0 Å². The summed E-state index contributed by atoms with van der Waals surface area (Å²) in [5.74, 6) is -0.0266. The molecule has 1 N–H and O–H groups in total. The number of carbonyl (C=O) groups excluding carboxylic acids is 2. The monoisotopic (exact) mass is 626 g/mol. The number of hydrogen-bond donors (Lipinski definition) is 1. The molecule has 4 rings (SSSR count). The van der Waals surface area contributed by atoms with Gasteiger partial charge in [0, 0.05) is 29.6 Å². The summed E-state index contributed by atoms with van der Waals surface area (Å²) in [6.07, 6.45) is 1.12. The van der Waals surface area contributed by atoms with Crippen LogP contribution in [-0.2, 0) is 22.6 Å². The van der Waals surface area contributed by atoms with E-state index in [0.717, 1.165) is 27.2 Å². The summed E-state index contributed by atoms with van der Waals surface area (Å²) in [4.78, 5) is 28.8. The normalized spacial score (nSPS) is 11.7. The number of benzene rings is 4. The van der Waals surface area contributed by atoms with E-state index in [1.54, 1.807) is 23.1 Å². The lowest BCUT2D eigenvalue weighted by Crippen LogP contribution is -2.51. The summed E-state index contributed by atoms with van der Waals surface area (Å²) < 4.78 is 6.78. The van der Waals surface area contributed by atoms with Crippen LogP contribution in [-0.4, -0.2) is 35.9 Å². The van der Waals surface area contributed by atoms with Gasteiger partial charge in [-0.05, 0) is 62.4 Å². The summed E-state index contributed by atoms with van der Waals surface area (Å²) in [7, 11) is 0. The van der Waals surface area contributed by atoms with Crippen molar-refractivity contribution in [2.45, 2.75) is 32.4 Å². The molecule has 2 amide bonds. The van der Waals surface area contributed by atoms with E-state index in [-0.39, 0.29) is 25.0 Å². The van der Waals surface area contributed by atoms with E-state index in [9.17, 15) is 9.59 Å². The van der Waals surface area contributed by atoms with Gasteiger partial charge in [-0.3, -0.25) is 9.59 Å². The lowest BCUT2D eigenvalue weighted by molar-refractivity contribution is -0.142. The van der Waals surface area contributed by atoms with Gasteiger partial charge in [0.15, 0.2) is 6.61 Å². The molecule has 0 fully saturated rings. The number of halogens is 3. The SMILES string of the molecule is CCCNC(=O)[C@@H](Cc1ccccc1)N(Cc1ccc(Cl)cc1Cl)C(=O)COc1ccc2ccccc2c1Br. The molecule has 1 atom stereocenters. The average molecular weight is 628 g/mol. The third kappa shape index (κ3) is 7.53. The fraction of sp³-hybridized carbons (Fsp3) is 0.226. The standard InChI is InChI=1S/C31H29BrCl2N2O3/c1-2-16-35-31(38)27(17-21-8-4-3-5-9-21)36(19-23-12-14-24(33)18-26(23)34)29(37)20-39-28-15-13-22-10-6-7-11-25(22)30(28)32/h3-15,18,27H,2,16-17,19-20H2,1H3,(H,35,38)/t27-/m1/s1. The molecule has 0 aliphatic carbocycles. The minimum atomic E-state index is -0.776. The van der Waals surface area contributed by atoms with Gasteiger partial charge in [0.1, 0.15) is 11.8 Å². The lowest BCUT2D eigenvalue weighted by Gasteiger charge is -2.31. The number of nitrogens with one attached hydrogen (secondary N) is 1. The molecule has 0 spiro atoms. The molecule has 0 radical (unpaired) electrons. The Balaban J connectivity index is 1.65. The molecule has 39 heavy (non-hydrogen) atoms. The van der Waals surface area contributed by atoms with Crippen LogP contribution in [0.15, 0.2) is 89.4 Å². The van der Waals surface area contributed by atoms with Crippen LogP contribution in [0.2, 0.25) is 10.0 Å². The summed E-state index contributed by atoms with van der Waals surface area (Å²) in [6, 6.07) is 25.7. The van der Waals surface area contributed by atoms with E-state index in [1.807, 2.05) is 73.7 Å². The Labute approximate surface area is 247 Å². The molecule has 5 nitrogen and oxygen atoms in total. The largest absolute Gasteiger partial charge is 0.483 e. The van der Waals surface area contributed by atoms with Crippen molar-refractivity contribution >= 4 is 61.7 Å². The van der Waals surface area contributed by atoms with Crippen LogP contribution in [0.3, 0.4) is 0 Å². The Bertz CT molecular complexity index is 1450. The molecule has 0 saturated heterocycles. The predicted molar refractivity (Wildman–Crippen MR) is 161 cm³/mol. The van der Waals surface area contributed by atoms with Crippen molar-refractivity contribution in [3.63, 3.8) is 0 Å². The van der Waals surface area contributed by atoms with E-state index in [2.05, 4.69) is 21.2 Å². The summed E-state index contributed by atoms with van der Waals surface area (Å²) in [5, 5.41) is 5.91.